The van der Waals surface area contributed by atoms with Gasteiger partial charge >= 0.3 is 0 Å². The van der Waals surface area contributed by atoms with Crippen molar-refractivity contribution in [1.82, 2.24) is 5.32 Å². The number of nitrogens with one attached hydrogen (secondary N) is 1. The molecule has 1 atom stereocenters. The number of benzene rings is 1. The summed E-state index contributed by atoms with van der Waals surface area (Å²) in [5.74, 6) is -0.397. The van der Waals surface area contributed by atoms with Gasteiger partial charge in [0.1, 0.15) is 0 Å². The summed E-state index contributed by atoms with van der Waals surface area (Å²) >= 11 is 1.57. The summed E-state index contributed by atoms with van der Waals surface area (Å²) in [6.45, 7) is 2.46. The second-order valence-corrected chi connectivity index (χ2v) is 6.71. The third-order valence-corrected chi connectivity index (χ3v) is 4.68. The van der Waals surface area contributed by atoms with Gasteiger partial charge in [0.05, 0.1) is 17.7 Å². The molecule has 23 heavy (non-hydrogen) atoms. The number of amides is 2. The Morgan fingerprint density at radius 2 is 2.22 bits per heavy atom. The molecule has 1 unspecified atom stereocenters. The third-order valence-electron chi connectivity index (χ3n) is 3.81. The summed E-state index contributed by atoms with van der Waals surface area (Å²) in [5, 5.41) is 6.57. The molecule has 0 saturated carbocycles. The van der Waals surface area contributed by atoms with Crippen LogP contribution in [0.1, 0.15) is 16.9 Å². The average molecular weight is 326 g/mol. The minimum atomic E-state index is -0.257. The SMILES string of the molecule is Cc1ccc2c(c1)=NC(=O)C(CCNC(=O)Cc1cccs1)C=2. The standard InChI is InChI=1S/C18H18N2O2S/c1-12-4-5-13-10-14(18(22)20-16(13)9-12)6-7-19-17(21)11-15-3-2-8-23-15/h2-5,8-10,14H,6-7,11H2,1H3,(H,19,21). The van der Waals surface area contributed by atoms with Crippen LogP contribution >= 0.6 is 11.3 Å². The molecule has 2 heterocycles. The second kappa shape index (κ2) is 6.87. The van der Waals surface area contributed by atoms with E-state index in [1.165, 1.54) is 0 Å². The Kier molecular flexibility index (Phi) is 4.67. The van der Waals surface area contributed by atoms with Crippen LogP contribution in [0.5, 0.6) is 0 Å². The van der Waals surface area contributed by atoms with Crippen LogP contribution in [0.25, 0.3) is 6.08 Å². The number of nitrogens with zero attached hydrogens (tertiary/aromatic N) is 1. The number of fused-ring (bicyclic) bond motifs is 1. The van der Waals surface area contributed by atoms with Gasteiger partial charge in [0.25, 0.3) is 5.91 Å². The summed E-state index contributed by atoms with van der Waals surface area (Å²) in [6, 6.07) is 9.80. The molecule has 0 spiro atoms. The van der Waals surface area contributed by atoms with Gasteiger partial charge in [-0.3, -0.25) is 9.59 Å². The monoisotopic (exact) mass is 326 g/mol. The van der Waals surface area contributed by atoms with Crippen LogP contribution in [0.2, 0.25) is 0 Å². The van der Waals surface area contributed by atoms with Gasteiger partial charge in [0.2, 0.25) is 5.91 Å². The lowest BCUT2D eigenvalue weighted by Crippen LogP contribution is -2.35. The molecule has 0 radical (unpaired) electrons. The molecule has 1 N–H and O–H groups in total. The molecule has 2 aromatic rings. The normalized spacial score (nSPS) is 16.2. The van der Waals surface area contributed by atoms with E-state index in [0.717, 1.165) is 21.0 Å². The second-order valence-electron chi connectivity index (χ2n) is 5.68. The third kappa shape index (κ3) is 3.93. The van der Waals surface area contributed by atoms with Gasteiger partial charge in [-0.1, -0.05) is 24.3 Å². The fourth-order valence-corrected chi connectivity index (χ4v) is 3.29. The van der Waals surface area contributed by atoms with E-state index < -0.39 is 0 Å². The zero-order valence-electron chi connectivity index (χ0n) is 12.9. The molecule has 0 saturated heterocycles. The van der Waals surface area contributed by atoms with Crippen LogP contribution in [0, 0.1) is 12.8 Å². The summed E-state index contributed by atoms with van der Waals surface area (Å²) < 4.78 is 0. The van der Waals surface area contributed by atoms with Crippen molar-refractivity contribution in [3.8, 4) is 0 Å². The summed E-state index contributed by atoms with van der Waals surface area (Å²) in [4.78, 5) is 29.1. The smallest absolute Gasteiger partial charge is 0.253 e. The minimum absolute atomic E-state index is 0.0105. The van der Waals surface area contributed by atoms with Crippen molar-refractivity contribution in [3.63, 3.8) is 0 Å². The molecular formula is C18H18N2O2S. The van der Waals surface area contributed by atoms with Crippen molar-refractivity contribution in [3.05, 3.63) is 56.7 Å². The van der Waals surface area contributed by atoms with Gasteiger partial charge < -0.3 is 5.32 Å². The first kappa shape index (κ1) is 15.6. The number of thiophene rings is 1. The molecule has 5 heteroatoms. The maximum atomic E-state index is 12.1. The highest BCUT2D eigenvalue weighted by molar-refractivity contribution is 7.10. The Balaban J connectivity index is 1.57. The molecule has 3 rings (SSSR count). The largest absolute Gasteiger partial charge is 0.356 e. The molecule has 0 aliphatic carbocycles. The van der Waals surface area contributed by atoms with E-state index in [2.05, 4.69) is 10.3 Å². The van der Waals surface area contributed by atoms with Gasteiger partial charge in [-0.15, -0.1) is 11.3 Å². The van der Waals surface area contributed by atoms with Gasteiger partial charge in [-0.2, -0.15) is 0 Å². The highest BCUT2D eigenvalue weighted by Gasteiger charge is 2.18. The summed E-state index contributed by atoms with van der Waals surface area (Å²) in [7, 11) is 0. The molecule has 1 aliphatic heterocycles. The fourth-order valence-electron chi connectivity index (χ4n) is 2.59. The zero-order valence-corrected chi connectivity index (χ0v) is 13.7. The number of carbonyl (C=O) groups is 2. The van der Waals surface area contributed by atoms with E-state index in [4.69, 9.17) is 0 Å². The number of hydrogen-bond donors (Lipinski definition) is 1. The first-order chi connectivity index (χ1) is 11.1. The molecule has 0 fully saturated rings. The molecular weight excluding hydrogens is 308 g/mol. The highest BCUT2D eigenvalue weighted by Crippen LogP contribution is 2.10. The van der Waals surface area contributed by atoms with E-state index >= 15 is 0 Å². The maximum Gasteiger partial charge on any atom is 0.253 e. The predicted molar refractivity (Wildman–Crippen MR) is 90.6 cm³/mol. The van der Waals surface area contributed by atoms with Gasteiger partial charge in [0.15, 0.2) is 0 Å². The van der Waals surface area contributed by atoms with Crippen LogP contribution in [-0.4, -0.2) is 18.4 Å². The van der Waals surface area contributed by atoms with E-state index in [-0.39, 0.29) is 17.7 Å². The minimum Gasteiger partial charge on any atom is -0.356 e. The Hall–Kier alpha value is -2.27. The maximum absolute atomic E-state index is 12.1. The van der Waals surface area contributed by atoms with E-state index in [1.807, 2.05) is 48.7 Å². The first-order valence-electron chi connectivity index (χ1n) is 7.62. The molecule has 1 aromatic heterocycles. The highest BCUT2D eigenvalue weighted by atomic mass is 32.1. The van der Waals surface area contributed by atoms with E-state index in [1.54, 1.807) is 11.3 Å². The van der Waals surface area contributed by atoms with Crippen molar-refractivity contribution >= 4 is 29.2 Å². The van der Waals surface area contributed by atoms with E-state index in [0.29, 0.717) is 19.4 Å². The Bertz CT molecular complexity index is 840. The zero-order chi connectivity index (χ0) is 16.2. The predicted octanol–water partition coefficient (Wildman–Crippen LogP) is 1.36. The number of aryl methyl sites for hydroxylation is 1. The van der Waals surface area contributed by atoms with E-state index in [9.17, 15) is 9.59 Å². The quantitative estimate of drug-likeness (QED) is 0.902. The van der Waals surface area contributed by atoms with Crippen LogP contribution in [0.15, 0.2) is 40.7 Å². The molecule has 1 aliphatic rings. The van der Waals surface area contributed by atoms with Gasteiger partial charge in [0, 0.05) is 11.4 Å². The number of carbonyl (C=O) groups excluding carboxylic acids is 2. The Labute approximate surface area is 138 Å². The summed E-state index contributed by atoms with van der Waals surface area (Å²) in [5.41, 5.74) is 1.09. The number of rotatable bonds is 5. The molecule has 4 nitrogen and oxygen atoms in total. The van der Waals surface area contributed by atoms with Gasteiger partial charge in [-0.25, -0.2) is 4.99 Å². The van der Waals surface area contributed by atoms with Gasteiger partial charge in [-0.05, 0) is 41.6 Å². The lowest BCUT2D eigenvalue weighted by atomic mass is 10.00. The summed E-state index contributed by atoms with van der Waals surface area (Å²) in [6.07, 6.45) is 2.92. The average Bonchev–Trinajstić information content (AvgIpc) is 3.00. The van der Waals surface area contributed by atoms with Crippen LogP contribution in [-0.2, 0) is 16.0 Å². The number of hydrogen-bond acceptors (Lipinski definition) is 3. The molecule has 1 aromatic carbocycles. The molecule has 0 bridgehead atoms. The Morgan fingerprint density at radius 1 is 1.35 bits per heavy atom. The van der Waals surface area contributed by atoms with Crippen molar-refractivity contribution in [1.29, 1.82) is 0 Å². The Morgan fingerprint density at radius 3 is 3.00 bits per heavy atom. The van der Waals surface area contributed by atoms with Crippen molar-refractivity contribution in [2.24, 2.45) is 10.9 Å². The lowest BCUT2D eigenvalue weighted by molar-refractivity contribution is -0.122. The topological polar surface area (TPSA) is 58.5 Å². The first-order valence-corrected chi connectivity index (χ1v) is 8.50. The van der Waals surface area contributed by atoms with Crippen LogP contribution in [0.3, 0.4) is 0 Å². The lowest BCUT2D eigenvalue weighted by Gasteiger charge is -2.13. The van der Waals surface area contributed by atoms with Crippen molar-refractivity contribution in [2.75, 3.05) is 6.54 Å². The van der Waals surface area contributed by atoms with Crippen molar-refractivity contribution < 1.29 is 9.59 Å². The molecule has 2 amide bonds. The molecule has 118 valence electrons. The van der Waals surface area contributed by atoms with Crippen LogP contribution < -0.4 is 15.9 Å². The van der Waals surface area contributed by atoms with Crippen molar-refractivity contribution in [2.45, 2.75) is 19.8 Å². The van der Waals surface area contributed by atoms with Crippen LogP contribution in [0.4, 0.5) is 0 Å². The fraction of sp³-hybridized carbons (Fsp3) is 0.278.